The van der Waals surface area contributed by atoms with Crippen LogP contribution in [0.2, 0.25) is 0 Å². The summed E-state index contributed by atoms with van der Waals surface area (Å²) in [7, 11) is 1.84. The van der Waals surface area contributed by atoms with Gasteiger partial charge in [0.25, 0.3) is 0 Å². The highest BCUT2D eigenvalue weighted by Crippen LogP contribution is 2.23. The number of anilines is 1. The van der Waals surface area contributed by atoms with E-state index in [-0.39, 0.29) is 17.4 Å². The number of amides is 1. The lowest BCUT2D eigenvalue weighted by Crippen LogP contribution is -2.40. The Morgan fingerprint density at radius 1 is 1.43 bits per heavy atom. The summed E-state index contributed by atoms with van der Waals surface area (Å²) in [6.45, 7) is 8.20. The molecule has 2 N–H and O–H groups in total. The summed E-state index contributed by atoms with van der Waals surface area (Å²) in [6.07, 6.45) is 1.27. The molecule has 0 atom stereocenters. The number of likely N-dealkylation sites (tertiary alicyclic amines) is 1. The van der Waals surface area contributed by atoms with E-state index < -0.39 is 0 Å². The molecule has 1 amide bonds. The minimum Gasteiger partial charge on any atom is -0.393 e. The van der Waals surface area contributed by atoms with E-state index in [9.17, 15) is 9.90 Å². The molecule has 2 heterocycles. The molecule has 1 aromatic rings. The number of aryl methyl sites for hydroxylation is 1. The molecule has 1 fully saturated rings. The highest BCUT2D eigenvalue weighted by Gasteiger charge is 2.21. The molecule has 1 aromatic heterocycles. The van der Waals surface area contributed by atoms with Gasteiger partial charge >= 0.3 is 0 Å². The number of aliphatic hydroxyl groups is 1. The van der Waals surface area contributed by atoms with Crippen molar-refractivity contribution in [1.82, 2.24) is 14.7 Å². The fourth-order valence-corrected chi connectivity index (χ4v) is 2.41. The topological polar surface area (TPSA) is 70.4 Å². The van der Waals surface area contributed by atoms with Crippen LogP contribution >= 0.6 is 0 Å². The molecule has 6 nitrogen and oxygen atoms in total. The van der Waals surface area contributed by atoms with Gasteiger partial charge < -0.3 is 10.4 Å². The van der Waals surface area contributed by atoms with Crippen molar-refractivity contribution in [1.29, 1.82) is 0 Å². The first-order chi connectivity index (χ1) is 9.75. The number of rotatable bonds is 3. The Kier molecular flexibility index (Phi) is 4.68. The lowest BCUT2D eigenvalue weighted by atomic mass is 9.92. The molecule has 1 aliphatic heterocycles. The van der Waals surface area contributed by atoms with Gasteiger partial charge in [-0.25, -0.2) is 0 Å². The Labute approximate surface area is 126 Å². The van der Waals surface area contributed by atoms with Crippen LogP contribution in [-0.2, 0) is 17.3 Å². The maximum absolute atomic E-state index is 12.1. The Morgan fingerprint density at radius 3 is 2.57 bits per heavy atom. The minimum atomic E-state index is -0.212. The first kappa shape index (κ1) is 16.0. The zero-order valence-corrected chi connectivity index (χ0v) is 13.4. The summed E-state index contributed by atoms with van der Waals surface area (Å²) in [6, 6.07) is 1.93. The predicted octanol–water partition coefficient (Wildman–Crippen LogP) is 1.11. The molecule has 0 radical (unpaired) electrons. The lowest BCUT2D eigenvalue weighted by Gasteiger charge is -2.28. The van der Waals surface area contributed by atoms with E-state index in [0.29, 0.717) is 6.54 Å². The number of hydrogen-bond donors (Lipinski definition) is 2. The fourth-order valence-electron chi connectivity index (χ4n) is 2.41. The molecule has 0 aromatic carbocycles. The molecule has 118 valence electrons. The van der Waals surface area contributed by atoms with E-state index in [0.717, 1.165) is 37.4 Å². The highest BCUT2D eigenvalue weighted by molar-refractivity contribution is 5.91. The molecular formula is C15H26N4O2. The van der Waals surface area contributed by atoms with Crippen molar-refractivity contribution in [2.75, 3.05) is 25.0 Å². The molecular weight excluding hydrogens is 268 g/mol. The van der Waals surface area contributed by atoms with Crippen molar-refractivity contribution in [3.63, 3.8) is 0 Å². The van der Waals surface area contributed by atoms with Crippen LogP contribution in [0.1, 0.15) is 39.3 Å². The number of nitrogens with one attached hydrogen (secondary N) is 1. The molecule has 1 saturated heterocycles. The van der Waals surface area contributed by atoms with Gasteiger partial charge in [0.2, 0.25) is 5.91 Å². The van der Waals surface area contributed by atoms with E-state index in [2.05, 4.69) is 36.1 Å². The number of nitrogens with zero attached hydrogens (tertiary/aromatic N) is 3. The number of aromatic nitrogens is 2. The van der Waals surface area contributed by atoms with Gasteiger partial charge in [-0.3, -0.25) is 14.4 Å². The molecule has 2 rings (SSSR count). The maximum Gasteiger partial charge on any atom is 0.239 e. The Bertz CT molecular complexity index is 496. The van der Waals surface area contributed by atoms with Crippen LogP contribution in [0.15, 0.2) is 6.07 Å². The number of hydrogen-bond acceptors (Lipinski definition) is 4. The van der Waals surface area contributed by atoms with Gasteiger partial charge in [-0.05, 0) is 12.8 Å². The highest BCUT2D eigenvalue weighted by atomic mass is 16.3. The number of carbonyl (C=O) groups excluding carboxylic acids is 1. The molecule has 0 saturated carbocycles. The van der Waals surface area contributed by atoms with Crippen molar-refractivity contribution in [3.05, 3.63) is 11.8 Å². The summed E-state index contributed by atoms with van der Waals surface area (Å²) >= 11 is 0. The molecule has 0 aliphatic carbocycles. The number of piperidine rings is 1. The van der Waals surface area contributed by atoms with Crippen molar-refractivity contribution in [2.45, 2.75) is 45.1 Å². The minimum absolute atomic E-state index is 0.0325. The zero-order valence-electron chi connectivity index (χ0n) is 13.4. The summed E-state index contributed by atoms with van der Waals surface area (Å²) in [5, 5.41) is 16.8. The van der Waals surface area contributed by atoms with Crippen LogP contribution in [-0.4, -0.2) is 51.4 Å². The second kappa shape index (κ2) is 6.15. The van der Waals surface area contributed by atoms with Gasteiger partial charge in [-0.15, -0.1) is 0 Å². The number of aliphatic hydroxyl groups excluding tert-OH is 1. The van der Waals surface area contributed by atoms with Gasteiger partial charge in [0.1, 0.15) is 5.82 Å². The monoisotopic (exact) mass is 294 g/mol. The normalized spacial score (nSPS) is 18.0. The zero-order chi connectivity index (χ0) is 15.6. The van der Waals surface area contributed by atoms with Gasteiger partial charge in [-0.1, -0.05) is 20.8 Å². The van der Waals surface area contributed by atoms with Gasteiger partial charge in [-0.2, -0.15) is 5.10 Å². The average Bonchev–Trinajstić information content (AvgIpc) is 2.74. The summed E-state index contributed by atoms with van der Waals surface area (Å²) in [5.74, 6) is 0.691. The van der Waals surface area contributed by atoms with Gasteiger partial charge in [0.15, 0.2) is 0 Å². The van der Waals surface area contributed by atoms with Gasteiger partial charge in [0, 0.05) is 31.6 Å². The SMILES string of the molecule is Cn1nc(C(C)(C)C)cc1NC(=O)CN1CCC(O)CC1. The van der Waals surface area contributed by atoms with Crippen LogP contribution in [0.3, 0.4) is 0 Å². The largest absolute Gasteiger partial charge is 0.393 e. The molecule has 6 heteroatoms. The smallest absolute Gasteiger partial charge is 0.239 e. The average molecular weight is 294 g/mol. The van der Waals surface area contributed by atoms with Crippen molar-refractivity contribution in [3.8, 4) is 0 Å². The Morgan fingerprint density at radius 2 is 2.05 bits per heavy atom. The van der Waals surface area contributed by atoms with Crippen molar-refractivity contribution in [2.24, 2.45) is 7.05 Å². The third-order valence-electron chi connectivity index (χ3n) is 3.84. The molecule has 0 bridgehead atoms. The van der Waals surface area contributed by atoms with Crippen molar-refractivity contribution < 1.29 is 9.90 Å². The van der Waals surface area contributed by atoms with Crippen LogP contribution in [0.25, 0.3) is 0 Å². The quantitative estimate of drug-likeness (QED) is 0.876. The first-order valence-corrected chi connectivity index (χ1v) is 7.50. The van der Waals surface area contributed by atoms with E-state index in [1.54, 1.807) is 4.68 Å². The van der Waals surface area contributed by atoms with E-state index in [1.807, 2.05) is 13.1 Å². The molecule has 1 aliphatic rings. The van der Waals surface area contributed by atoms with Gasteiger partial charge in [0.05, 0.1) is 18.3 Å². The lowest BCUT2D eigenvalue weighted by molar-refractivity contribution is -0.117. The first-order valence-electron chi connectivity index (χ1n) is 7.50. The van der Waals surface area contributed by atoms with Crippen LogP contribution in [0, 0.1) is 0 Å². The van der Waals surface area contributed by atoms with E-state index in [4.69, 9.17) is 0 Å². The molecule has 21 heavy (non-hydrogen) atoms. The summed E-state index contributed by atoms with van der Waals surface area (Å²) in [4.78, 5) is 14.2. The van der Waals surface area contributed by atoms with Crippen LogP contribution < -0.4 is 5.32 Å². The molecule has 0 unspecified atom stereocenters. The fraction of sp³-hybridized carbons (Fsp3) is 0.733. The summed E-state index contributed by atoms with van der Waals surface area (Å²) < 4.78 is 1.71. The second-order valence-electron chi connectivity index (χ2n) is 6.84. The number of carbonyl (C=O) groups is 1. The van der Waals surface area contributed by atoms with E-state index in [1.165, 1.54) is 0 Å². The Balaban J connectivity index is 1.92. The Hall–Kier alpha value is -1.40. The summed E-state index contributed by atoms with van der Waals surface area (Å²) in [5.41, 5.74) is 0.922. The third-order valence-corrected chi connectivity index (χ3v) is 3.84. The van der Waals surface area contributed by atoms with E-state index >= 15 is 0 Å². The second-order valence-corrected chi connectivity index (χ2v) is 6.84. The third kappa shape index (κ3) is 4.28. The maximum atomic E-state index is 12.1. The van der Waals surface area contributed by atoms with Crippen LogP contribution in [0.5, 0.6) is 0 Å². The van der Waals surface area contributed by atoms with Crippen LogP contribution in [0.4, 0.5) is 5.82 Å². The standard InChI is InChI=1S/C15H26N4O2/c1-15(2,3)12-9-13(18(4)17-12)16-14(21)10-19-7-5-11(20)6-8-19/h9,11,20H,5-8,10H2,1-4H3,(H,16,21). The predicted molar refractivity (Wildman–Crippen MR) is 82.2 cm³/mol. The molecule has 0 spiro atoms. The van der Waals surface area contributed by atoms with Crippen molar-refractivity contribution >= 4 is 11.7 Å².